The summed E-state index contributed by atoms with van der Waals surface area (Å²) < 4.78 is 19.6. The highest BCUT2D eigenvalue weighted by atomic mass is 16.6. The lowest BCUT2D eigenvalue weighted by Gasteiger charge is -2.31. The van der Waals surface area contributed by atoms with Crippen LogP contribution in [-0.4, -0.2) is 61.6 Å². The van der Waals surface area contributed by atoms with Gasteiger partial charge >= 0.3 is 0 Å². The SMILES string of the molecule is CCCCCCCCCCCCCCN(CC)C1COCC(N(CC)CCCCCCCCCCCCCC)Oc2ccccc2O1. The van der Waals surface area contributed by atoms with Crippen LogP contribution in [0, 0.1) is 0 Å². The number of unbranched alkanes of at least 4 members (excludes halogenated alkanes) is 22. The van der Waals surface area contributed by atoms with E-state index in [0.29, 0.717) is 13.2 Å². The Labute approximate surface area is 292 Å². The molecule has 274 valence electrons. The molecule has 0 saturated heterocycles. The normalized spacial score (nSPS) is 16.8. The number of nitrogens with zero attached hydrogens (tertiary/aromatic N) is 2. The molecular weight excluding hydrogens is 580 g/mol. The Kier molecular flexibility index (Phi) is 26.4. The lowest BCUT2D eigenvalue weighted by molar-refractivity contribution is -0.0723. The van der Waals surface area contributed by atoms with E-state index in [-0.39, 0.29) is 12.5 Å². The number of ether oxygens (including phenoxy) is 3. The zero-order valence-corrected chi connectivity index (χ0v) is 31.8. The summed E-state index contributed by atoms with van der Waals surface area (Å²) in [6.45, 7) is 14.2. The first kappa shape index (κ1) is 41.9. The molecule has 47 heavy (non-hydrogen) atoms. The fraction of sp³-hybridized carbons (Fsp3) is 0.857. The van der Waals surface area contributed by atoms with Crippen LogP contribution in [0.4, 0.5) is 0 Å². The number of hydrogen-bond donors (Lipinski definition) is 0. The molecule has 2 rings (SSSR count). The molecule has 2 unspecified atom stereocenters. The van der Waals surface area contributed by atoms with Gasteiger partial charge in [0.15, 0.2) is 24.0 Å². The first-order valence-electron chi connectivity index (χ1n) is 20.7. The van der Waals surface area contributed by atoms with Gasteiger partial charge in [-0.05, 0) is 38.1 Å². The van der Waals surface area contributed by atoms with Crippen molar-refractivity contribution in [1.29, 1.82) is 0 Å². The fourth-order valence-electron chi connectivity index (χ4n) is 6.96. The summed E-state index contributed by atoms with van der Waals surface area (Å²) in [6.07, 6.45) is 32.8. The summed E-state index contributed by atoms with van der Waals surface area (Å²) in [5, 5.41) is 0. The highest BCUT2D eigenvalue weighted by Crippen LogP contribution is 2.31. The molecule has 1 aromatic carbocycles. The molecule has 1 aromatic rings. The van der Waals surface area contributed by atoms with Gasteiger partial charge in [0, 0.05) is 13.1 Å². The maximum absolute atomic E-state index is 6.62. The maximum atomic E-state index is 6.62. The molecule has 0 spiro atoms. The largest absolute Gasteiger partial charge is 0.469 e. The van der Waals surface area contributed by atoms with Crippen molar-refractivity contribution in [2.24, 2.45) is 0 Å². The van der Waals surface area contributed by atoms with Crippen LogP contribution in [0.3, 0.4) is 0 Å². The molecule has 0 bridgehead atoms. The van der Waals surface area contributed by atoms with E-state index in [9.17, 15) is 0 Å². The standard InChI is InChI=1S/C42H78N2O3/c1-5-9-11-13-15-17-19-21-23-25-27-31-35-43(7-3)41-37-45-38-42(47-40-34-30-29-33-39(40)46-41)44(8-4)36-32-28-26-24-22-20-18-16-14-12-10-6-2/h29-30,33-34,41-42H,5-28,31-32,35-38H2,1-4H3. The van der Waals surface area contributed by atoms with Gasteiger partial charge in [-0.3, -0.25) is 9.80 Å². The van der Waals surface area contributed by atoms with E-state index in [2.05, 4.69) is 61.8 Å². The topological polar surface area (TPSA) is 34.2 Å². The molecule has 0 radical (unpaired) electrons. The minimum absolute atomic E-state index is 0.0948. The molecule has 5 nitrogen and oxygen atoms in total. The van der Waals surface area contributed by atoms with Gasteiger partial charge in [-0.2, -0.15) is 0 Å². The van der Waals surface area contributed by atoms with Crippen molar-refractivity contribution in [1.82, 2.24) is 9.80 Å². The maximum Gasteiger partial charge on any atom is 0.176 e. The molecule has 1 aliphatic rings. The van der Waals surface area contributed by atoms with E-state index in [1.165, 1.54) is 154 Å². The van der Waals surface area contributed by atoms with E-state index in [0.717, 1.165) is 37.7 Å². The number of likely N-dealkylation sites (N-methyl/N-ethyl adjacent to an activating group) is 2. The van der Waals surface area contributed by atoms with Crippen molar-refractivity contribution >= 4 is 0 Å². The summed E-state index contributed by atoms with van der Waals surface area (Å²) in [5.74, 6) is 1.67. The van der Waals surface area contributed by atoms with Gasteiger partial charge in [-0.25, -0.2) is 0 Å². The Morgan fingerprint density at radius 2 is 0.745 bits per heavy atom. The van der Waals surface area contributed by atoms with Crippen LogP contribution in [0.5, 0.6) is 11.5 Å². The van der Waals surface area contributed by atoms with E-state index >= 15 is 0 Å². The van der Waals surface area contributed by atoms with Crippen LogP contribution in [0.25, 0.3) is 0 Å². The van der Waals surface area contributed by atoms with Crippen molar-refractivity contribution < 1.29 is 14.2 Å². The molecular formula is C42H78N2O3. The van der Waals surface area contributed by atoms with Crippen LogP contribution in [0.15, 0.2) is 24.3 Å². The lowest BCUT2D eigenvalue weighted by Crippen LogP contribution is -2.45. The molecule has 1 heterocycles. The Morgan fingerprint density at radius 1 is 0.447 bits per heavy atom. The second-order valence-corrected chi connectivity index (χ2v) is 14.2. The molecule has 0 aromatic heterocycles. The van der Waals surface area contributed by atoms with Gasteiger partial charge in [0.25, 0.3) is 0 Å². The fourth-order valence-corrected chi connectivity index (χ4v) is 6.96. The van der Waals surface area contributed by atoms with Gasteiger partial charge in [0.2, 0.25) is 0 Å². The smallest absolute Gasteiger partial charge is 0.176 e. The first-order chi connectivity index (χ1) is 23.2. The van der Waals surface area contributed by atoms with Crippen LogP contribution in [0.2, 0.25) is 0 Å². The van der Waals surface area contributed by atoms with Crippen molar-refractivity contribution in [3.8, 4) is 11.5 Å². The van der Waals surface area contributed by atoms with Crippen molar-refractivity contribution in [2.45, 2.75) is 194 Å². The third-order valence-electron chi connectivity index (χ3n) is 10.1. The number of para-hydroxylation sites is 2. The molecule has 0 saturated carbocycles. The van der Waals surface area contributed by atoms with Gasteiger partial charge in [-0.15, -0.1) is 0 Å². The number of rotatable bonds is 30. The number of fused-ring (bicyclic) bond motifs is 1. The van der Waals surface area contributed by atoms with Crippen LogP contribution >= 0.6 is 0 Å². The van der Waals surface area contributed by atoms with E-state index in [1.54, 1.807) is 0 Å². The Morgan fingerprint density at radius 3 is 1.04 bits per heavy atom. The second-order valence-electron chi connectivity index (χ2n) is 14.2. The number of benzene rings is 1. The summed E-state index contributed by atoms with van der Waals surface area (Å²) >= 11 is 0. The summed E-state index contributed by atoms with van der Waals surface area (Å²) in [6, 6.07) is 8.23. The molecule has 0 N–H and O–H groups in total. The van der Waals surface area contributed by atoms with Gasteiger partial charge < -0.3 is 14.2 Å². The monoisotopic (exact) mass is 659 g/mol. The highest BCUT2D eigenvalue weighted by Gasteiger charge is 2.27. The average Bonchev–Trinajstić information content (AvgIpc) is 3.18. The van der Waals surface area contributed by atoms with Crippen molar-refractivity contribution in [2.75, 3.05) is 39.4 Å². The molecule has 5 heteroatoms. The average molecular weight is 659 g/mol. The summed E-state index contributed by atoms with van der Waals surface area (Å²) in [7, 11) is 0. The predicted molar refractivity (Wildman–Crippen MR) is 203 cm³/mol. The third-order valence-corrected chi connectivity index (χ3v) is 10.1. The molecule has 2 atom stereocenters. The van der Waals surface area contributed by atoms with E-state index in [1.807, 2.05) is 0 Å². The van der Waals surface area contributed by atoms with Crippen LogP contribution in [-0.2, 0) is 4.74 Å². The Balaban J connectivity index is 1.71. The highest BCUT2D eigenvalue weighted by molar-refractivity contribution is 5.39. The predicted octanol–water partition coefficient (Wildman–Crippen LogP) is 12.2. The third kappa shape index (κ3) is 20.1. The van der Waals surface area contributed by atoms with Crippen molar-refractivity contribution in [3.63, 3.8) is 0 Å². The van der Waals surface area contributed by atoms with Crippen LogP contribution < -0.4 is 9.47 Å². The molecule has 0 aliphatic carbocycles. The van der Waals surface area contributed by atoms with E-state index < -0.39 is 0 Å². The van der Waals surface area contributed by atoms with Crippen molar-refractivity contribution in [3.05, 3.63) is 24.3 Å². The number of hydrogen-bond acceptors (Lipinski definition) is 5. The zero-order chi connectivity index (χ0) is 33.6. The zero-order valence-electron chi connectivity index (χ0n) is 31.8. The van der Waals surface area contributed by atoms with Gasteiger partial charge in [0.1, 0.15) is 0 Å². The van der Waals surface area contributed by atoms with E-state index in [4.69, 9.17) is 14.2 Å². The van der Waals surface area contributed by atoms with Gasteiger partial charge in [0.05, 0.1) is 13.2 Å². The molecule has 1 aliphatic heterocycles. The quantitative estimate of drug-likeness (QED) is 0.0768. The first-order valence-corrected chi connectivity index (χ1v) is 20.7. The second kappa shape index (κ2) is 29.6. The minimum Gasteiger partial charge on any atom is -0.469 e. The molecule has 0 fully saturated rings. The Bertz CT molecular complexity index is 756. The molecule has 0 amide bonds. The minimum atomic E-state index is -0.0948. The van der Waals surface area contributed by atoms with Crippen LogP contribution in [0.1, 0.15) is 182 Å². The Hall–Kier alpha value is -1.30. The van der Waals surface area contributed by atoms with Gasteiger partial charge in [-0.1, -0.05) is 181 Å². The summed E-state index contributed by atoms with van der Waals surface area (Å²) in [5.41, 5.74) is 0. The lowest BCUT2D eigenvalue weighted by atomic mass is 10.1. The summed E-state index contributed by atoms with van der Waals surface area (Å²) in [4.78, 5) is 4.91.